The van der Waals surface area contributed by atoms with E-state index in [4.69, 9.17) is 37.6 Å². The highest BCUT2D eigenvalue weighted by Crippen LogP contribution is 2.34. The fourth-order valence-electron chi connectivity index (χ4n) is 3.78. The lowest BCUT2D eigenvalue weighted by atomic mass is 10.0. The van der Waals surface area contributed by atoms with Crippen LogP contribution in [0.15, 0.2) is 71.3 Å². The van der Waals surface area contributed by atoms with Gasteiger partial charge in [-0.1, -0.05) is 83.0 Å². The highest BCUT2D eigenvalue weighted by molar-refractivity contribution is 6.36. The Bertz CT molecular complexity index is 1380. The number of halogens is 2. The molecule has 3 aromatic carbocycles. The Morgan fingerprint density at radius 1 is 0.972 bits per heavy atom. The van der Waals surface area contributed by atoms with E-state index in [9.17, 15) is 9.59 Å². The second-order valence-corrected chi connectivity index (χ2v) is 8.93. The maximum Gasteiger partial charge on any atom is 0.412 e. The number of aryl methyl sites for hydroxylation is 1. The SMILES string of the molecule is Cc1onc(-c2ccc(-c3ccc(CC(=O)O)cc3)cc2)c1NC(=O)OC(C)c1c(Cl)cccc1Cl. The molecule has 1 aromatic heterocycles. The summed E-state index contributed by atoms with van der Waals surface area (Å²) in [7, 11) is 0. The van der Waals surface area contributed by atoms with Crippen LogP contribution in [0.2, 0.25) is 10.0 Å². The maximum atomic E-state index is 12.7. The van der Waals surface area contributed by atoms with Gasteiger partial charge >= 0.3 is 12.1 Å². The van der Waals surface area contributed by atoms with Crippen LogP contribution in [0.1, 0.15) is 29.9 Å². The molecule has 36 heavy (non-hydrogen) atoms. The molecule has 0 saturated heterocycles. The molecule has 0 aliphatic heterocycles. The molecule has 0 aliphatic carbocycles. The highest BCUT2D eigenvalue weighted by atomic mass is 35.5. The molecular formula is C27H22Cl2N2O5. The Labute approximate surface area is 217 Å². The van der Waals surface area contributed by atoms with Gasteiger partial charge in [-0.25, -0.2) is 4.79 Å². The minimum absolute atomic E-state index is 0.0207. The largest absolute Gasteiger partial charge is 0.481 e. The predicted molar refractivity (Wildman–Crippen MR) is 138 cm³/mol. The third kappa shape index (κ3) is 5.70. The molecule has 4 rings (SSSR count). The first-order valence-corrected chi connectivity index (χ1v) is 11.8. The van der Waals surface area contributed by atoms with Crippen molar-refractivity contribution in [2.24, 2.45) is 0 Å². The van der Waals surface area contributed by atoms with Gasteiger partial charge in [-0.3, -0.25) is 10.1 Å². The summed E-state index contributed by atoms with van der Waals surface area (Å²) in [6, 6.07) is 20.0. The summed E-state index contributed by atoms with van der Waals surface area (Å²) in [5.74, 6) is -0.450. The lowest BCUT2D eigenvalue weighted by Gasteiger charge is -2.17. The first-order valence-electron chi connectivity index (χ1n) is 11.0. The number of rotatable bonds is 7. The van der Waals surface area contributed by atoms with E-state index in [-0.39, 0.29) is 6.42 Å². The van der Waals surface area contributed by atoms with Gasteiger partial charge in [0.2, 0.25) is 0 Å². The molecule has 1 atom stereocenters. The van der Waals surface area contributed by atoms with E-state index in [2.05, 4.69) is 10.5 Å². The Hall–Kier alpha value is -3.81. The van der Waals surface area contributed by atoms with Crippen LogP contribution >= 0.6 is 23.2 Å². The number of aromatic nitrogens is 1. The smallest absolute Gasteiger partial charge is 0.412 e. The normalized spacial score (nSPS) is 11.7. The summed E-state index contributed by atoms with van der Waals surface area (Å²) >= 11 is 12.4. The molecule has 0 spiro atoms. The summed E-state index contributed by atoms with van der Waals surface area (Å²) in [6.45, 7) is 3.37. The molecule has 4 aromatic rings. The van der Waals surface area contributed by atoms with Crippen LogP contribution in [0.4, 0.5) is 10.5 Å². The van der Waals surface area contributed by atoms with Gasteiger partial charge in [-0.05, 0) is 42.7 Å². The Balaban J connectivity index is 1.49. The minimum Gasteiger partial charge on any atom is -0.481 e. The van der Waals surface area contributed by atoms with Crippen LogP contribution < -0.4 is 5.32 Å². The summed E-state index contributed by atoms with van der Waals surface area (Å²) < 4.78 is 10.8. The van der Waals surface area contributed by atoms with Gasteiger partial charge in [0, 0.05) is 21.2 Å². The molecular weight excluding hydrogens is 503 g/mol. The average molecular weight is 525 g/mol. The first-order chi connectivity index (χ1) is 17.2. The van der Waals surface area contributed by atoms with Gasteiger partial charge < -0.3 is 14.4 Å². The van der Waals surface area contributed by atoms with Crippen LogP contribution in [0.3, 0.4) is 0 Å². The van der Waals surface area contributed by atoms with Crippen molar-refractivity contribution in [2.75, 3.05) is 5.32 Å². The second kappa shape index (κ2) is 10.8. The van der Waals surface area contributed by atoms with Crippen LogP contribution in [0, 0.1) is 6.92 Å². The molecule has 9 heteroatoms. The summed E-state index contributed by atoms with van der Waals surface area (Å²) in [5, 5.41) is 16.6. The number of nitrogens with one attached hydrogen (secondary N) is 1. The molecule has 0 fully saturated rings. The van der Waals surface area contributed by atoms with Crippen molar-refractivity contribution in [3.05, 3.63) is 93.7 Å². The molecule has 1 amide bonds. The van der Waals surface area contributed by atoms with Crippen molar-refractivity contribution < 1.29 is 24.0 Å². The van der Waals surface area contributed by atoms with Gasteiger partial charge in [0.15, 0.2) is 5.76 Å². The standard InChI is InChI=1S/C27H22Cl2N2O5/c1-15(24-21(28)4-3-5-22(24)29)35-27(34)30-25-16(2)36-31-26(25)20-12-10-19(11-13-20)18-8-6-17(7-9-18)14-23(32)33/h3-13,15H,14H2,1-2H3,(H,30,34)(H,32,33). The van der Waals surface area contributed by atoms with E-state index >= 15 is 0 Å². The van der Waals surface area contributed by atoms with Crippen LogP contribution in [0.25, 0.3) is 22.4 Å². The monoisotopic (exact) mass is 524 g/mol. The van der Waals surface area contributed by atoms with Crippen molar-refractivity contribution >= 4 is 41.0 Å². The number of carboxylic acids is 1. The first kappa shape index (κ1) is 25.3. The van der Waals surface area contributed by atoms with Crippen LogP contribution in [-0.2, 0) is 16.0 Å². The predicted octanol–water partition coefficient (Wildman–Crippen LogP) is 7.56. The number of nitrogens with zero attached hydrogens (tertiary/aromatic N) is 1. The fourth-order valence-corrected chi connectivity index (χ4v) is 4.48. The number of benzene rings is 3. The van der Waals surface area contributed by atoms with Gasteiger partial charge in [-0.2, -0.15) is 0 Å². The topological polar surface area (TPSA) is 102 Å². The summed E-state index contributed by atoms with van der Waals surface area (Å²) in [4.78, 5) is 23.5. The molecule has 0 aliphatic rings. The number of hydrogen-bond donors (Lipinski definition) is 2. The van der Waals surface area contributed by atoms with Gasteiger partial charge in [0.25, 0.3) is 0 Å². The van der Waals surface area contributed by atoms with E-state index in [1.807, 2.05) is 36.4 Å². The zero-order valence-corrected chi connectivity index (χ0v) is 20.9. The lowest BCUT2D eigenvalue weighted by Crippen LogP contribution is -2.17. The minimum atomic E-state index is -0.870. The quantitative estimate of drug-likeness (QED) is 0.258. The second-order valence-electron chi connectivity index (χ2n) is 8.12. The number of carboxylic acid groups (broad SMARTS) is 1. The van der Waals surface area contributed by atoms with Gasteiger partial charge in [0.05, 0.1) is 6.42 Å². The number of ether oxygens (including phenoxy) is 1. The maximum absolute atomic E-state index is 12.7. The average Bonchev–Trinajstić information content (AvgIpc) is 3.19. The zero-order valence-electron chi connectivity index (χ0n) is 19.4. The fraction of sp³-hybridized carbons (Fsp3) is 0.148. The van der Waals surface area contributed by atoms with Crippen molar-refractivity contribution in [3.8, 4) is 22.4 Å². The van der Waals surface area contributed by atoms with E-state index in [1.165, 1.54) is 0 Å². The molecule has 1 unspecified atom stereocenters. The number of hydrogen-bond acceptors (Lipinski definition) is 5. The van der Waals surface area contributed by atoms with Crippen molar-refractivity contribution in [1.82, 2.24) is 5.16 Å². The Kier molecular flexibility index (Phi) is 7.62. The van der Waals surface area contributed by atoms with E-state index < -0.39 is 18.2 Å². The van der Waals surface area contributed by atoms with Crippen molar-refractivity contribution in [1.29, 1.82) is 0 Å². The van der Waals surface area contributed by atoms with Gasteiger partial charge in [-0.15, -0.1) is 0 Å². The third-order valence-electron chi connectivity index (χ3n) is 5.58. The molecule has 2 N–H and O–H groups in total. The molecule has 0 bridgehead atoms. The number of amides is 1. The highest BCUT2D eigenvalue weighted by Gasteiger charge is 2.22. The molecule has 7 nitrogen and oxygen atoms in total. The van der Waals surface area contributed by atoms with E-state index in [0.29, 0.717) is 32.8 Å². The Morgan fingerprint density at radius 3 is 2.11 bits per heavy atom. The Morgan fingerprint density at radius 2 is 1.53 bits per heavy atom. The molecule has 0 radical (unpaired) electrons. The number of anilines is 1. The molecule has 1 heterocycles. The number of aliphatic carboxylic acids is 1. The summed E-state index contributed by atoms with van der Waals surface area (Å²) in [6.07, 6.45) is -1.41. The van der Waals surface area contributed by atoms with Gasteiger partial charge in [0.1, 0.15) is 17.5 Å². The lowest BCUT2D eigenvalue weighted by molar-refractivity contribution is -0.136. The number of carbonyl (C=O) groups is 2. The third-order valence-corrected chi connectivity index (χ3v) is 6.24. The van der Waals surface area contributed by atoms with Crippen molar-refractivity contribution in [3.63, 3.8) is 0 Å². The zero-order chi connectivity index (χ0) is 25.8. The van der Waals surface area contributed by atoms with Crippen LogP contribution in [-0.4, -0.2) is 22.3 Å². The number of carbonyl (C=O) groups excluding carboxylic acids is 1. The summed E-state index contributed by atoms with van der Waals surface area (Å²) in [5.41, 5.74) is 4.72. The van der Waals surface area contributed by atoms with E-state index in [1.54, 1.807) is 44.2 Å². The molecule has 0 saturated carbocycles. The molecule has 184 valence electrons. The van der Waals surface area contributed by atoms with Crippen molar-refractivity contribution in [2.45, 2.75) is 26.4 Å². The van der Waals surface area contributed by atoms with E-state index in [0.717, 1.165) is 22.3 Å². The van der Waals surface area contributed by atoms with Crippen LogP contribution in [0.5, 0.6) is 0 Å².